The summed E-state index contributed by atoms with van der Waals surface area (Å²) in [4.78, 5) is 0. The summed E-state index contributed by atoms with van der Waals surface area (Å²) in [5, 5.41) is 3.45. The van der Waals surface area contributed by atoms with Gasteiger partial charge in [-0.2, -0.15) is 0 Å². The lowest BCUT2D eigenvalue weighted by Gasteiger charge is -2.15. The second-order valence-electron chi connectivity index (χ2n) is 5.32. The molecular weight excluding hydrogens is 345 g/mol. The molecule has 2 aromatic rings. The second-order valence-corrected chi connectivity index (χ2v) is 6.24. The van der Waals surface area contributed by atoms with Crippen molar-refractivity contribution in [3.63, 3.8) is 0 Å². The highest BCUT2D eigenvalue weighted by Crippen LogP contribution is 2.24. The van der Waals surface area contributed by atoms with E-state index in [-0.39, 0.29) is 12.4 Å². The smallest absolute Gasteiger partial charge is 0.129 e. The molecule has 1 atom stereocenters. The van der Waals surface area contributed by atoms with Crippen LogP contribution < -0.4 is 10.1 Å². The van der Waals surface area contributed by atoms with Crippen LogP contribution in [0.15, 0.2) is 46.9 Å². The molecule has 4 heteroatoms. The standard InChI is InChI=1S/C18H21BrFNO/c1-3-13(2)21-11-15-10-16(19)8-9-18(15)22-12-14-6-4-5-7-17(14)20/h4-10,13,21H,3,11-12H2,1-2H3/t13-/m0/s1. The third-order valence-corrected chi connectivity index (χ3v) is 4.11. The molecule has 0 saturated carbocycles. The minimum absolute atomic E-state index is 0.227. The summed E-state index contributed by atoms with van der Waals surface area (Å²) in [5.41, 5.74) is 1.62. The average molecular weight is 366 g/mol. The van der Waals surface area contributed by atoms with Gasteiger partial charge in [-0.1, -0.05) is 41.1 Å². The molecule has 0 amide bonds. The first-order valence-corrected chi connectivity index (χ1v) is 8.27. The predicted octanol–water partition coefficient (Wildman–Crippen LogP) is 5.06. The number of halogens is 2. The Balaban J connectivity index is 2.08. The Hall–Kier alpha value is -1.39. The van der Waals surface area contributed by atoms with Gasteiger partial charge in [-0.15, -0.1) is 0 Å². The highest BCUT2D eigenvalue weighted by atomic mass is 79.9. The molecule has 2 aromatic carbocycles. The molecule has 0 radical (unpaired) electrons. The maximum Gasteiger partial charge on any atom is 0.129 e. The SMILES string of the molecule is CC[C@H](C)NCc1cc(Br)ccc1OCc1ccccc1F. The van der Waals surface area contributed by atoms with E-state index in [4.69, 9.17) is 4.74 Å². The quantitative estimate of drug-likeness (QED) is 0.740. The van der Waals surface area contributed by atoms with Gasteiger partial charge in [0.05, 0.1) is 0 Å². The molecule has 0 spiro atoms. The van der Waals surface area contributed by atoms with E-state index in [9.17, 15) is 4.39 Å². The zero-order chi connectivity index (χ0) is 15.9. The minimum Gasteiger partial charge on any atom is -0.488 e. The largest absolute Gasteiger partial charge is 0.488 e. The second kappa shape index (κ2) is 8.30. The van der Waals surface area contributed by atoms with Crippen LogP contribution in [0.5, 0.6) is 5.75 Å². The Morgan fingerprint density at radius 1 is 1.18 bits per heavy atom. The molecule has 0 unspecified atom stereocenters. The van der Waals surface area contributed by atoms with Crippen LogP contribution in [-0.4, -0.2) is 6.04 Å². The van der Waals surface area contributed by atoms with Crippen LogP contribution in [0.4, 0.5) is 4.39 Å². The number of benzene rings is 2. The molecule has 0 heterocycles. The summed E-state index contributed by atoms with van der Waals surface area (Å²) >= 11 is 3.48. The molecule has 0 fully saturated rings. The monoisotopic (exact) mass is 365 g/mol. The summed E-state index contributed by atoms with van der Waals surface area (Å²) in [7, 11) is 0. The molecular formula is C18H21BrFNO. The van der Waals surface area contributed by atoms with E-state index in [0.29, 0.717) is 11.6 Å². The van der Waals surface area contributed by atoms with E-state index in [2.05, 4.69) is 35.1 Å². The third kappa shape index (κ3) is 4.82. The van der Waals surface area contributed by atoms with Gasteiger partial charge in [0.25, 0.3) is 0 Å². The highest BCUT2D eigenvalue weighted by Gasteiger charge is 2.08. The third-order valence-electron chi connectivity index (χ3n) is 3.62. The molecule has 0 aromatic heterocycles. The van der Waals surface area contributed by atoms with Crippen molar-refractivity contribution in [2.45, 2.75) is 39.5 Å². The van der Waals surface area contributed by atoms with Crippen molar-refractivity contribution in [3.8, 4) is 5.75 Å². The van der Waals surface area contributed by atoms with Crippen LogP contribution >= 0.6 is 15.9 Å². The van der Waals surface area contributed by atoms with Crippen molar-refractivity contribution in [3.05, 3.63) is 63.9 Å². The summed E-state index contributed by atoms with van der Waals surface area (Å²) < 4.78 is 20.5. The number of ether oxygens (including phenoxy) is 1. The van der Waals surface area contributed by atoms with Crippen molar-refractivity contribution < 1.29 is 9.13 Å². The lowest BCUT2D eigenvalue weighted by molar-refractivity contribution is 0.295. The minimum atomic E-state index is -0.237. The van der Waals surface area contributed by atoms with E-state index in [1.165, 1.54) is 6.07 Å². The maximum absolute atomic E-state index is 13.7. The van der Waals surface area contributed by atoms with Gasteiger partial charge in [0.2, 0.25) is 0 Å². The topological polar surface area (TPSA) is 21.3 Å². The lowest BCUT2D eigenvalue weighted by Crippen LogP contribution is -2.24. The van der Waals surface area contributed by atoms with Gasteiger partial charge in [0.1, 0.15) is 18.2 Å². The molecule has 2 nitrogen and oxygen atoms in total. The van der Waals surface area contributed by atoms with Crippen molar-refractivity contribution >= 4 is 15.9 Å². The summed E-state index contributed by atoms with van der Waals surface area (Å²) in [6.45, 7) is 5.25. The number of hydrogen-bond donors (Lipinski definition) is 1. The Morgan fingerprint density at radius 2 is 1.95 bits per heavy atom. The van der Waals surface area contributed by atoms with Crippen LogP contribution in [0.2, 0.25) is 0 Å². The molecule has 2 rings (SSSR count). The zero-order valence-electron chi connectivity index (χ0n) is 12.9. The Bertz CT molecular complexity index is 618. The lowest BCUT2D eigenvalue weighted by atomic mass is 10.1. The molecule has 118 valence electrons. The van der Waals surface area contributed by atoms with E-state index in [0.717, 1.165) is 28.8 Å². The Labute approximate surface area is 139 Å². The zero-order valence-corrected chi connectivity index (χ0v) is 14.5. The molecule has 1 N–H and O–H groups in total. The molecule has 0 aliphatic carbocycles. The van der Waals surface area contributed by atoms with Gasteiger partial charge < -0.3 is 10.1 Å². The van der Waals surface area contributed by atoms with E-state index < -0.39 is 0 Å². The van der Waals surface area contributed by atoms with Crippen molar-refractivity contribution in [1.29, 1.82) is 0 Å². The van der Waals surface area contributed by atoms with Gasteiger partial charge in [-0.05, 0) is 37.6 Å². The van der Waals surface area contributed by atoms with Gasteiger partial charge in [-0.25, -0.2) is 4.39 Å². The fourth-order valence-corrected chi connectivity index (χ4v) is 2.43. The number of rotatable bonds is 7. The predicted molar refractivity (Wildman–Crippen MR) is 91.5 cm³/mol. The summed E-state index contributed by atoms with van der Waals surface area (Å²) in [5.74, 6) is 0.543. The first kappa shape index (κ1) is 17.0. The summed E-state index contributed by atoms with van der Waals surface area (Å²) in [6, 6.07) is 13.0. The average Bonchev–Trinajstić information content (AvgIpc) is 2.53. The number of hydrogen-bond acceptors (Lipinski definition) is 2. The van der Waals surface area contributed by atoms with Gasteiger partial charge in [0, 0.05) is 28.2 Å². The first-order valence-electron chi connectivity index (χ1n) is 7.48. The Kier molecular flexibility index (Phi) is 6.40. The fourth-order valence-electron chi connectivity index (χ4n) is 2.03. The normalized spacial score (nSPS) is 12.2. The van der Waals surface area contributed by atoms with Gasteiger partial charge in [-0.3, -0.25) is 0 Å². The highest BCUT2D eigenvalue weighted by molar-refractivity contribution is 9.10. The number of nitrogens with one attached hydrogen (secondary N) is 1. The molecule has 22 heavy (non-hydrogen) atoms. The van der Waals surface area contributed by atoms with Gasteiger partial charge >= 0.3 is 0 Å². The van der Waals surface area contributed by atoms with Gasteiger partial charge in [0.15, 0.2) is 0 Å². The van der Waals surface area contributed by atoms with Crippen LogP contribution in [-0.2, 0) is 13.2 Å². The summed E-state index contributed by atoms with van der Waals surface area (Å²) in [6.07, 6.45) is 1.07. The van der Waals surface area contributed by atoms with E-state index in [1.54, 1.807) is 12.1 Å². The molecule has 0 saturated heterocycles. The van der Waals surface area contributed by atoms with Crippen LogP contribution in [0.3, 0.4) is 0 Å². The van der Waals surface area contributed by atoms with Crippen LogP contribution in [0, 0.1) is 5.82 Å². The Morgan fingerprint density at radius 3 is 2.68 bits per heavy atom. The first-order chi connectivity index (χ1) is 10.6. The molecule has 0 bridgehead atoms. The van der Waals surface area contributed by atoms with Crippen molar-refractivity contribution in [1.82, 2.24) is 5.32 Å². The van der Waals surface area contributed by atoms with E-state index >= 15 is 0 Å². The fraction of sp³-hybridized carbons (Fsp3) is 0.333. The van der Waals surface area contributed by atoms with Crippen LogP contribution in [0.25, 0.3) is 0 Å². The van der Waals surface area contributed by atoms with Crippen LogP contribution in [0.1, 0.15) is 31.4 Å². The van der Waals surface area contributed by atoms with Crippen molar-refractivity contribution in [2.75, 3.05) is 0 Å². The molecule has 0 aliphatic heterocycles. The van der Waals surface area contributed by atoms with E-state index in [1.807, 2.05) is 24.3 Å². The van der Waals surface area contributed by atoms with Crippen molar-refractivity contribution in [2.24, 2.45) is 0 Å². The molecule has 0 aliphatic rings. The maximum atomic E-state index is 13.7.